The molecule has 0 aliphatic rings. The van der Waals surface area contributed by atoms with Crippen LogP contribution in [0, 0.1) is 0 Å². The van der Waals surface area contributed by atoms with Gasteiger partial charge in [0.2, 0.25) is 0 Å². The van der Waals surface area contributed by atoms with Crippen LogP contribution >= 0.6 is 0 Å². The van der Waals surface area contributed by atoms with Gasteiger partial charge >= 0.3 is 17.9 Å². The van der Waals surface area contributed by atoms with E-state index in [-0.39, 0.29) is 37.5 Å². The second-order valence-electron chi connectivity index (χ2n) is 17.4. The zero-order valence-corrected chi connectivity index (χ0v) is 42.2. The lowest BCUT2D eigenvalue weighted by Gasteiger charge is -2.18. The highest BCUT2D eigenvalue weighted by Gasteiger charge is 2.19. The van der Waals surface area contributed by atoms with Crippen LogP contribution in [-0.2, 0) is 28.6 Å². The minimum absolute atomic E-state index is 0.104. The van der Waals surface area contributed by atoms with E-state index in [1.165, 1.54) is 89.9 Å². The predicted molar refractivity (Wildman–Crippen MR) is 279 cm³/mol. The highest BCUT2D eigenvalue weighted by molar-refractivity contribution is 5.71. The van der Waals surface area contributed by atoms with Crippen molar-refractivity contribution in [2.75, 3.05) is 13.2 Å². The lowest BCUT2D eigenvalue weighted by atomic mass is 10.1. The van der Waals surface area contributed by atoms with Gasteiger partial charge in [0.15, 0.2) is 6.10 Å². The summed E-state index contributed by atoms with van der Waals surface area (Å²) >= 11 is 0. The zero-order valence-electron chi connectivity index (χ0n) is 42.2. The smallest absolute Gasteiger partial charge is 0.306 e. The van der Waals surface area contributed by atoms with Crippen LogP contribution in [0.5, 0.6) is 0 Å². The van der Waals surface area contributed by atoms with Gasteiger partial charge in [-0.1, -0.05) is 201 Å². The summed E-state index contributed by atoms with van der Waals surface area (Å²) in [6.07, 6.45) is 69.6. The number of esters is 3. The molecule has 0 rings (SSSR count). The fourth-order valence-electron chi connectivity index (χ4n) is 7.03. The molecule has 0 aliphatic carbocycles. The van der Waals surface area contributed by atoms with E-state index in [9.17, 15) is 14.4 Å². The van der Waals surface area contributed by atoms with Crippen LogP contribution in [-0.4, -0.2) is 37.2 Å². The Kier molecular flexibility index (Phi) is 50.0. The molecule has 0 aromatic rings. The van der Waals surface area contributed by atoms with Crippen molar-refractivity contribution in [3.05, 3.63) is 97.2 Å². The molecule has 0 aromatic heterocycles. The summed E-state index contributed by atoms with van der Waals surface area (Å²) in [6, 6.07) is 0. The van der Waals surface area contributed by atoms with E-state index >= 15 is 0 Å². The molecule has 0 saturated carbocycles. The van der Waals surface area contributed by atoms with Gasteiger partial charge < -0.3 is 14.2 Å². The molecule has 0 N–H and O–H groups in total. The lowest BCUT2D eigenvalue weighted by Crippen LogP contribution is -2.30. The number of hydrogen-bond donors (Lipinski definition) is 0. The molecule has 0 saturated heterocycles. The molecule has 0 aromatic carbocycles. The molecule has 370 valence electrons. The van der Waals surface area contributed by atoms with Crippen molar-refractivity contribution in [2.45, 2.75) is 245 Å². The van der Waals surface area contributed by atoms with Gasteiger partial charge in [-0.2, -0.15) is 0 Å². The third-order valence-corrected chi connectivity index (χ3v) is 11.0. The minimum Gasteiger partial charge on any atom is -0.462 e. The van der Waals surface area contributed by atoms with Gasteiger partial charge in [0.05, 0.1) is 0 Å². The SMILES string of the molecule is CC/C=C/C/C=C/C/C=C/C/C=C/C/C=C/CCCC(=O)OC[C@@H](COC(=O)CCCCCCCCC/C=C/CCCCCC)OC(=O)CCCCCCC/C=C/C/C=C/CCCCC. The summed E-state index contributed by atoms with van der Waals surface area (Å²) < 4.78 is 16.8. The van der Waals surface area contributed by atoms with Crippen LogP contribution in [0.15, 0.2) is 97.2 Å². The molecule has 6 heteroatoms. The maximum atomic E-state index is 12.8. The van der Waals surface area contributed by atoms with Gasteiger partial charge in [0.1, 0.15) is 13.2 Å². The van der Waals surface area contributed by atoms with Gasteiger partial charge in [0.25, 0.3) is 0 Å². The monoisotopic (exact) mass is 903 g/mol. The molecule has 0 bridgehead atoms. The Hall–Kier alpha value is -3.67. The van der Waals surface area contributed by atoms with Crippen LogP contribution < -0.4 is 0 Å². The highest BCUT2D eigenvalue weighted by atomic mass is 16.6. The van der Waals surface area contributed by atoms with Crippen LogP contribution in [0.25, 0.3) is 0 Å². The molecule has 6 nitrogen and oxygen atoms in total. The van der Waals surface area contributed by atoms with E-state index in [0.717, 1.165) is 103 Å². The fraction of sp³-hybridized carbons (Fsp3) is 0.678. The van der Waals surface area contributed by atoms with Gasteiger partial charge in [-0.05, 0) is 116 Å². The molecular weight excluding hydrogens is 805 g/mol. The van der Waals surface area contributed by atoms with Crippen LogP contribution in [0.4, 0.5) is 0 Å². The molecule has 0 spiro atoms. The van der Waals surface area contributed by atoms with Gasteiger partial charge in [-0.25, -0.2) is 0 Å². The van der Waals surface area contributed by atoms with Crippen molar-refractivity contribution < 1.29 is 28.6 Å². The Morgan fingerprint density at radius 2 is 0.615 bits per heavy atom. The second-order valence-corrected chi connectivity index (χ2v) is 17.4. The van der Waals surface area contributed by atoms with Crippen molar-refractivity contribution >= 4 is 17.9 Å². The predicted octanol–water partition coefficient (Wildman–Crippen LogP) is 17.8. The summed E-state index contributed by atoms with van der Waals surface area (Å²) in [5, 5.41) is 0. The molecule has 65 heavy (non-hydrogen) atoms. The minimum atomic E-state index is -0.810. The summed E-state index contributed by atoms with van der Waals surface area (Å²) in [5.41, 5.74) is 0. The zero-order chi connectivity index (χ0) is 47.2. The Balaban J connectivity index is 4.51. The topological polar surface area (TPSA) is 78.9 Å². The summed E-state index contributed by atoms with van der Waals surface area (Å²) in [6.45, 7) is 6.42. The first kappa shape index (κ1) is 61.3. The summed E-state index contributed by atoms with van der Waals surface area (Å²) in [4.78, 5) is 38.0. The number of allylic oxidation sites excluding steroid dienone is 16. The van der Waals surface area contributed by atoms with E-state index in [2.05, 4.69) is 118 Å². The average Bonchev–Trinajstić information content (AvgIpc) is 3.30. The van der Waals surface area contributed by atoms with E-state index in [1.54, 1.807) is 0 Å². The maximum absolute atomic E-state index is 12.8. The van der Waals surface area contributed by atoms with Crippen LogP contribution in [0.3, 0.4) is 0 Å². The highest BCUT2D eigenvalue weighted by Crippen LogP contribution is 2.13. The van der Waals surface area contributed by atoms with Crippen molar-refractivity contribution in [2.24, 2.45) is 0 Å². The maximum Gasteiger partial charge on any atom is 0.306 e. The van der Waals surface area contributed by atoms with Gasteiger partial charge in [-0.15, -0.1) is 0 Å². The molecule has 0 heterocycles. The fourth-order valence-corrected chi connectivity index (χ4v) is 7.03. The van der Waals surface area contributed by atoms with E-state index in [1.807, 2.05) is 0 Å². The number of rotatable bonds is 47. The lowest BCUT2D eigenvalue weighted by molar-refractivity contribution is -0.167. The Labute approximate surface area is 400 Å². The summed E-state index contributed by atoms with van der Waals surface area (Å²) in [7, 11) is 0. The molecule has 0 aliphatic heterocycles. The van der Waals surface area contributed by atoms with Crippen molar-refractivity contribution in [3.63, 3.8) is 0 Å². The van der Waals surface area contributed by atoms with E-state index in [4.69, 9.17) is 14.2 Å². The first-order chi connectivity index (χ1) is 32.0. The largest absolute Gasteiger partial charge is 0.462 e. The first-order valence-electron chi connectivity index (χ1n) is 26.7. The molecule has 0 radical (unpaired) electrons. The molecular formula is C59H98O6. The third kappa shape index (κ3) is 51.2. The Morgan fingerprint density at radius 1 is 0.323 bits per heavy atom. The first-order valence-corrected chi connectivity index (χ1v) is 26.7. The van der Waals surface area contributed by atoms with Crippen LogP contribution in [0.1, 0.15) is 239 Å². The Morgan fingerprint density at radius 3 is 1.05 bits per heavy atom. The number of unbranched alkanes of at least 4 members (excludes halogenated alkanes) is 20. The van der Waals surface area contributed by atoms with Crippen molar-refractivity contribution in [1.82, 2.24) is 0 Å². The standard InChI is InChI=1S/C59H98O6/c1-4-7-10-13-16-19-22-25-28-29-32-34-37-40-43-46-49-52-58(61)64-55-56(65-59(62)53-50-47-44-41-38-35-31-27-24-21-18-15-12-9-6-3)54-63-57(60)51-48-45-42-39-36-33-30-26-23-20-17-14-11-8-5-2/h7,10,16,18-21,23,25,27-28,31-32,34,40,43,56H,4-6,8-9,11-15,17,22,24,26,29-30,33,35-39,41-42,44-55H2,1-3H3/b10-7+,19-16+,21-18+,23-20+,28-25+,31-27+,34-32+,43-40+/t56-/m1/s1. The molecule has 0 amide bonds. The number of ether oxygens (including phenoxy) is 3. The molecule has 0 unspecified atom stereocenters. The van der Waals surface area contributed by atoms with E-state index < -0.39 is 6.10 Å². The van der Waals surface area contributed by atoms with E-state index in [0.29, 0.717) is 19.3 Å². The quantitative estimate of drug-likeness (QED) is 0.0262. The van der Waals surface area contributed by atoms with Crippen molar-refractivity contribution in [3.8, 4) is 0 Å². The van der Waals surface area contributed by atoms with Gasteiger partial charge in [-0.3, -0.25) is 14.4 Å². The summed E-state index contributed by atoms with van der Waals surface area (Å²) in [5.74, 6) is -0.984. The molecule has 1 atom stereocenters. The van der Waals surface area contributed by atoms with Crippen molar-refractivity contribution in [1.29, 1.82) is 0 Å². The van der Waals surface area contributed by atoms with Crippen LogP contribution in [0.2, 0.25) is 0 Å². The third-order valence-electron chi connectivity index (χ3n) is 11.0. The number of hydrogen-bond acceptors (Lipinski definition) is 6. The Bertz CT molecular complexity index is 1310. The number of carbonyl (C=O) groups excluding carboxylic acids is 3. The average molecular weight is 903 g/mol. The van der Waals surface area contributed by atoms with Gasteiger partial charge in [0, 0.05) is 19.3 Å². The normalized spacial score (nSPS) is 12.8. The second kappa shape index (κ2) is 52.9. The number of carbonyl (C=O) groups is 3. The molecule has 0 fully saturated rings.